The van der Waals surface area contributed by atoms with Gasteiger partial charge in [-0.15, -0.1) is 11.3 Å². The smallest absolute Gasteiger partial charge is 0.311 e. The first-order valence-corrected chi connectivity index (χ1v) is 8.95. The van der Waals surface area contributed by atoms with Gasteiger partial charge in [-0.25, -0.2) is 9.72 Å². The summed E-state index contributed by atoms with van der Waals surface area (Å²) in [7, 11) is 0. The van der Waals surface area contributed by atoms with E-state index in [9.17, 15) is 4.79 Å². The van der Waals surface area contributed by atoms with Gasteiger partial charge in [0.1, 0.15) is 0 Å². The number of imidazole rings is 1. The van der Waals surface area contributed by atoms with E-state index in [0.29, 0.717) is 22.9 Å². The van der Waals surface area contributed by atoms with Crippen LogP contribution in [-0.4, -0.2) is 17.7 Å². The molecule has 0 spiro atoms. The van der Waals surface area contributed by atoms with Crippen LogP contribution in [0.2, 0.25) is 0 Å². The molecule has 6 nitrogen and oxygen atoms in total. The molecule has 2 N–H and O–H groups in total. The summed E-state index contributed by atoms with van der Waals surface area (Å²) in [6.45, 7) is 0.182. The number of benzene rings is 1. The van der Waals surface area contributed by atoms with Gasteiger partial charge in [0, 0.05) is 6.07 Å². The normalized spacial score (nSPS) is 12.5. The van der Waals surface area contributed by atoms with Crippen molar-refractivity contribution in [3.8, 4) is 22.1 Å². The number of pyridine rings is 1. The monoisotopic (exact) mass is 364 g/mol. The molecule has 5 rings (SSSR count). The first kappa shape index (κ1) is 15.0. The molecule has 1 aromatic carbocycles. The number of thiophene rings is 1. The highest BCUT2D eigenvalue weighted by Gasteiger charge is 2.25. The van der Waals surface area contributed by atoms with Crippen molar-refractivity contribution in [3.63, 3.8) is 0 Å². The summed E-state index contributed by atoms with van der Waals surface area (Å²) in [6, 6.07) is 15.0. The molecule has 1 aliphatic heterocycles. The predicted octanol–water partition coefficient (Wildman–Crippen LogP) is 3.46. The number of fused-ring (bicyclic) bond motifs is 2. The molecule has 0 unspecified atom stereocenters. The lowest BCUT2D eigenvalue weighted by atomic mass is 10.2. The number of rotatable bonds is 3. The first-order chi connectivity index (χ1) is 12.8. The van der Waals surface area contributed by atoms with E-state index < -0.39 is 0 Å². The Bertz CT molecular complexity index is 1120. The van der Waals surface area contributed by atoms with Crippen molar-refractivity contribution >= 4 is 28.7 Å². The van der Waals surface area contributed by atoms with Gasteiger partial charge in [0.2, 0.25) is 12.4 Å². The van der Waals surface area contributed by atoms with Crippen LogP contribution in [0.5, 0.6) is 11.5 Å². The Hall–Kier alpha value is -3.32. The fourth-order valence-electron chi connectivity index (χ4n) is 2.99. The van der Waals surface area contributed by atoms with Gasteiger partial charge in [0.15, 0.2) is 17.2 Å². The number of H-pyrrole nitrogens is 1. The van der Waals surface area contributed by atoms with E-state index in [4.69, 9.17) is 9.47 Å². The highest BCUT2D eigenvalue weighted by molar-refractivity contribution is 7.13. The highest BCUT2D eigenvalue weighted by Crippen LogP contribution is 2.33. The molecule has 0 aliphatic carbocycles. The minimum atomic E-state index is -0.210. The van der Waals surface area contributed by atoms with Crippen LogP contribution in [0.4, 0.5) is 5.82 Å². The zero-order valence-corrected chi connectivity index (χ0v) is 14.4. The number of hydrogen-bond acceptors (Lipinski definition) is 4. The van der Waals surface area contributed by atoms with E-state index in [2.05, 4.69) is 10.3 Å². The van der Waals surface area contributed by atoms with Gasteiger partial charge in [0.25, 0.3) is 5.82 Å². The number of carbonyl (C=O) groups is 1. The Morgan fingerprint density at radius 2 is 2.04 bits per heavy atom. The predicted molar refractivity (Wildman–Crippen MR) is 97.8 cm³/mol. The minimum Gasteiger partial charge on any atom is -0.454 e. The topological polar surface area (TPSA) is 67.5 Å². The molecule has 0 radical (unpaired) electrons. The Morgan fingerprint density at radius 1 is 1.12 bits per heavy atom. The van der Waals surface area contributed by atoms with E-state index in [0.717, 1.165) is 16.2 Å². The highest BCUT2D eigenvalue weighted by atomic mass is 32.1. The van der Waals surface area contributed by atoms with Gasteiger partial charge in [-0.1, -0.05) is 12.1 Å². The van der Waals surface area contributed by atoms with Crippen molar-refractivity contribution in [2.24, 2.45) is 0 Å². The summed E-state index contributed by atoms with van der Waals surface area (Å²) in [4.78, 5) is 17.3. The molecule has 0 atom stereocenters. The van der Waals surface area contributed by atoms with E-state index in [1.807, 2.05) is 46.3 Å². The second-order valence-electron chi connectivity index (χ2n) is 5.80. The lowest BCUT2D eigenvalue weighted by Crippen LogP contribution is -2.26. The standard InChI is InChI=1S/C19H13N3O3S/c23-19(12-6-7-13-14(10-12)25-11-24-13)21-18-17(15-4-3-9-26-15)20-16-5-1-2-8-22(16)18/h1-10H,11H2,(H,21,23)/p+1. The van der Waals surface area contributed by atoms with Crippen molar-refractivity contribution in [2.45, 2.75) is 0 Å². The van der Waals surface area contributed by atoms with Gasteiger partial charge in [-0.2, -0.15) is 0 Å². The number of aromatic nitrogens is 2. The van der Waals surface area contributed by atoms with E-state index in [1.54, 1.807) is 29.5 Å². The third-order valence-electron chi connectivity index (χ3n) is 4.22. The van der Waals surface area contributed by atoms with Crippen molar-refractivity contribution in [2.75, 3.05) is 12.1 Å². The van der Waals surface area contributed by atoms with Crippen LogP contribution in [0.1, 0.15) is 10.4 Å². The molecule has 4 heterocycles. The molecule has 1 amide bonds. The number of aromatic amines is 1. The number of ether oxygens (including phenoxy) is 2. The molecular weight excluding hydrogens is 350 g/mol. The number of nitrogens with one attached hydrogen (secondary N) is 2. The van der Waals surface area contributed by atoms with Gasteiger partial charge in [0.05, 0.1) is 16.6 Å². The van der Waals surface area contributed by atoms with Crippen molar-refractivity contribution in [1.82, 2.24) is 4.98 Å². The Labute approximate surface area is 152 Å². The maximum Gasteiger partial charge on any atom is 0.311 e. The molecule has 26 heavy (non-hydrogen) atoms. The molecule has 0 saturated carbocycles. The summed E-state index contributed by atoms with van der Waals surface area (Å²) in [5.74, 6) is 1.73. The van der Waals surface area contributed by atoms with Crippen LogP contribution in [0.3, 0.4) is 0 Å². The van der Waals surface area contributed by atoms with E-state index in [1.165, 1.54) is 0 Å². The molecule has 4 aromatic rings. The number of anilines is 1. The minimum absolute atomic E-state index is 0.182. The number of hydrogen-bond donors (Lipinski definition) is 2. The molecular formula is C19H14N3O3S+. The zero-order valence-electron chi connectivity index (χ0n) is 13.6. The summed E-state index contributed by atoms with van der Waals surface area (Å²) >= 11 is 1.61. The van der Waals surface area contributed by atoms with Gasteiger partial charge in [-0.3, -0.25) is 9.78 Å². The lowest BCUT2D eigenvalue weighted by Gasteiger charge is -2.02. The summed E-state index contributed by atoms with van der Waals surface area (Å²) in [6.07, 6.45) is 1.91. The molecule has 7 heteroatoms. The number of amides is 1. The molecule has 1 aliphatic rings. The molecule has 128 valence electrons. The fraction of sp³-hybridized carbons (Fsp3) is 0.0526. The number of carbonyl (C=O) groups excluding carboxylic acids is 1. The second kappa shape index (κ2) is 5.89. The van der Waals surface area contributed by atoms with Crippen molar-refractivity contribution in [1.29, 1.82) is 0 Å². The maximum absolute atomic E-state index is 12.8. The number of nitrogens with zero attached hydrogens (tertiary/aromatic N) is 1. The summed E-state index contributed by atoms with van der Waals surface area (Å²) in [5.41, 5.74) is 2.29. The third kappa shape index (κ3) is 2.41. The quantitative estimate of drug-likeness (QED) is 0.547. The Morgan fingerprint density at radius 3 is 2.92 bits per heavy atom. The average Bonchev–Trinajstić information content (AvgIpc) is 3.41. The van der Waals surface area contributed by atoms with Crippen molar-refractivity contribution < 1.29 is 18.7 Å². The van der Waals surface area contributed by atoms with Crippen molar-refractivity contribution in [3.05, 3.63) is 65.7 Å². The zero-order chi connectivity index (χ0) is 17.5. The van der Waals surface area contributed by atoms with E-state index in [-0.39, 0.29) is 12.7 Å². The molecule has 3 aromatic heterocycles. The maximum atomic E-state index is 12.8. The summed E-state index contributed by atoms with van der Waals surface area (Å²) in [5, 5.41) is 5.04. The SMILES string of the molecule is O=C(Nc1c(-c2cccs2)[nH]c2cccc[n+]12)c1ccc2c(c1)OCO2. The Balaban J connectivity index is 1.56. The summed E-state index contributed by atoms with van der Waals surface area (Å²) < 4.78 is 12.6. The molecule has 0 bridgehead atoms. The van der Waals surface area contributed by atoms with Crippen LogP contribution < -0.4 is 19.2 Å². The van der Waals surface area contributed by atoms with Gasteiger partial charge < -0.3 is 9.47 Å². The van der Waals surface area contributed by atoms with Crippen LogP contribution >= 0.6 is 11.3 Å². The largest absolute Gasteiger partial charge is 0.454 e. The Kier molecular flexibility index (Phi) is 3.39. The fourth-order valence-corrected chi connectivity index (χ4v) is 3.71. The van der Waals surface area contributed by atoms with Crippen LogP contribution in [0, 0.1) is 0 Å². The lowest BCUT2D eigenvalue weighted by molar-refractivity contribution is -0.493. The van der Waals surface area contributed by atoms with Crippen LogP contribution in [0.15, 0.2) is 60.1 Å². The molecule has 0 saturated heterocycles. The second-order valence-corrected chi connectivity index (χ2v) is 6.75. The molecule has 0 fully saturated rings. The van der Waals surface area contributed by atoms with Gasteiger partial charge in [-0.05, 0) is 35.7 Å². The third-order valence-corrected chi connectivity index (χ3v) is 5.11. The van der Waals surface area contributed by atoms with Gasteiger partial charge >= 0.3 is 5.91 Å². The van der Waals surface area contributed by atoms with E-state index >= 15 is 0 Å². The van der Waals surface area contributed by atoms with Crippen LogP contribution in [0.25, 0.3) is 16.2 Å². The first-order valence-electron chi connectivity index (χ1n) is 8.07. The average molecular weight is 364 g/mol. The van der Waals surface area contributed by atoms with Crippen LogP contribution in [-0.2, 0) is 0 Å².